The molecule has 1 fully saturated rings. The Bertz CT molecular complexity index is 535. The topological polar surface area (TPSA) is 61.4 Å². The lowest BCUT2D eigenvalue weighted by atomic mass is 10.0. The van der Waals surface area contributed by atoms with Gasteiger partial charge in [-0.05, 0) is 43.0 Å². The molecular weight excluding hydrogens is 286 g/mol. The summed E-state index contributed by atoms with van der Waals surface area (Å²) in [6.07, 6.45) is 1.87. The van der Waals surface area contributed by atoms with Gasteiger partial charge in [0.2, 0.25) is 0 Å². The summed E-state index contributed by atoms with van der Waals surface area (Å²) in [6, 6.07) is 7.52. The quantitative estimate of drug-likeness (QED) is 0.846. The van der Waals surface area contributed by atoms with Crippen molar-refractivity contribution in [2.75, 3.05) is 24.4 Å². The van der Waals surface area contributed by atoms with Gasteiger partial charge in [0.15, 0.2) is 0 Å². The minimum absolute atomic E-state index is 0.606. The Labute approximate surface area is 127 Å². The van der Waals surface area contributed by atoms with Gasteiger partial charge in [-0.2, -0.15) is 12.7 Å². The molecule has 5 nitrogen and oxygen atoms in total. The molecule has 21 heavy (non-hydrogen) atoms. The zero-order valence-electron chi connectivity index (χ0n) is 12.8. The highest BCUT2D eigenvalue weighted by Gasteiger charge is 2.26. The number of nitrogens with one attached hydrogen (secondary N) is 2. The van der Waals surface area contributed by atoms with Crippen LogP contribution in [0.2, 0.25) is 0 Å². The maximum atomic E-state index is 12.3. The molecule has 1 aromatic carbocycles. The van der Waals surface area contributed by atoms with Gasteiger partial charge < -0.3 is 5.32 Å². The second-order valence-electron chi connectivity index (χ2n) is 5.67. The van der Waals surface area contributed by atoms with Gasteiger partial charge in [0.25, 0.3) is 0 Å². The Morgan fingerprint density at radius 1 is 1.19 bits per heavy atom. The lowest BCUT2D eigenvalue weighted by molar-refractivity contribution is 0.289. The van der Waals surface area contributed by atoms with Crippen LogP contribution in [0.1, 0.15) is 32.3 Å². The third kappa shape index (κ3) is 4.69. The van der Waals surface area contributed by atoms with Gasteiger partial charge >= 0.3 is 10.2 Å². The first kappa shape index (κ1) is 16.3. The van der Waals surface area contributed by atoms with Crippen molar-refractivity contribution in [2.45, 2.75) is 33.2 Å². The zero-order chi connectivity index (χ0) is 15.3. The molecule has 1 aliphatic heterocycles. The predicted octanol–water partition coefficient (Wildman–Crippen LogP) is 2.18. The number of anilines is 1. The largest absolute Gasteiger partial charge is 0.313 e. The number of hydrogen-bond acceptors (Lipinski definition) is 3. The lowest BCUT2D eigenvalue weighted by Crippen LogP contribution is -2.41. The number of benzene rings is 1. The average molecular weight is 311 g/mol. The highest BCUT2D eigenvalue weighted by Crippen LogP contribution is 2.20. The zero-order valence-corrected chi connectivity index (χ0v) is 13.6. The van der Waals surface area contributed by atoms with E-state index in [1.165, 1.54) is 0 Å². The summed E-state index contributed by atoms with van der Waals surface area (Å²) in [7, 11) is -3.42. The average Bonchev–Trinajstić information content (AvgIpc) is 2.47. The fourth-order valence-electron chi connectivity index (χ4n) is 2.40. The van der Waals surface area contributed by atoms with Crippen molar-refractivity contribution in [3.63, 3.8) is 0 Å². The SMILES string of the molecule is CCNCc1ccc(NS(=O)(=O)N2CCC(C)CC2)cc1. The van der Waals surface area contributed by atoms with Crippen LogP contribution in [0.3, 0.4) is 0 Å². The molecule has 0 spiro atoms. The van der Waals surface area contributed by atoms with Crippen LogP contribution in [0.15, 0.2) is 24.3 Å². The first-order valence-electron chi connectivity index (χ1n) is 7.59. The fraction of sp³-hybridized carbons (Fsp3) is 0.600. The van der Waals surface area contributed by atoms with E-state index in [1.807, 2.05) is 24.3 Å². The third-order valence-corrected chi connectivity index (χ3v) is 5.40. The van der Waals surface area contributed by atoms with Gasteiger partial charge in [-0.25, -0.2) is 0 Å². The highest BCUT2D eigenvalue weighted by molar-refractivity contribution is 7.90. The fourth-order valence-corrected chi connectivity index (χ4v) is 3.65. The van der Waals surface area contributed by atoms with Crippen molar-refractivity contribution in [2.24, 2.45) is 5.92 Å². The van der Waals surface area contributed by atoms with E-state index in [4.69, 9.17) is 0 Å². The first-order valence-corrected chi connectivity index (χ1v) is 9.03. The van der Waals surface area contributed by atoms with E-state index in [-0.39, 0.29) is 0 Å². The Balaban J connectivity index is 1.96. The normalized spacial score (nSPS) is 17.8. The second kappa shape index (κ2) is 7.24. The van der Waals surface area contributed by atoms with Gasteiger partial charge in [0.1, 0.15) is 0 Å². The molecule has 1 saturated heterocycles. The van der Waals surface area contributed by atoms with E-state index < -0.39 is 10.2 Å². The van der Waals surface area contributed by atoms with Crippen molar-refractivity contribution >= 4 is 15.9 Å². The molecule has 1 aliphatic rings. The summed E-state index contributed by atoms with van der Waals surface area (Å²) in [5.41, 5.74) is 1.76. The molecule has 0 aromatic heterocycles. The van der Waals surface area contributed by atoms with Crippen LogP contribution >= 0.6 is 0 Å². The van der Waals surface area contributed by atoms with Crippen LogP contribution < -0.4 is 10.0 Å². The van der Waals surface area contributed by atoms with E-state index in [0.29, 0.717) is 24.7 Å². The van der Waals surface area contributed by atoms with Gasteiger partial charge in [-0.3, -0.25) is 4.72 Å². The van der Waals surface area contributed by atoms with Gasteiger partial charge in [-0.1, -0.05) is 26.0 Å². The van der Waals surface area contributed by atoms with Crippen molar-refractivity contribution < 1.29 is 8.42 Å². The molecule has 2 rings (SSSR count). The summed E-state index contributed by atoms with van der Waals surface area (Å²) in [4.78, 5) is 0. The Hall–Kier alpha value is -1.11. The van der Waals surface area contributed by atoms with Crippen LogP contribution in [0.5, 0.6) is 0 Å². The van der Waals surface area contributed by atoms with Gasteiger partial charge in [0.05, 0.1) is 0 Å². The minimum atomic E-state index is -3.42. The number of nitrogens with zero attached hydrogens (tertiary/aromatic N) is 1. The molecule has 2 N–H and O–H groups in total. The lowest BCUT2D eigenvalue weighted by Gasteiger charge is -2.29. The summed E-state index contributed by atoms with van der Waals surface area (Å²) in [6.45, 7) is 7.15. The molecule has 1 heterocycles. The molecule has 0 unspecified atom stereocenters. The molecule has 0 amide bonds. The van der Waals surface area contributed by atoms with Crippen LogP contribution in [0.4, 0.5) is 5.69 Å². The molecule has 0 radical (unpaired) electrons. The molecule has 0 aliphatic carbocycles. The Kier molecular flexibility index (Phi) is 5.61. The molecular formula is C15H25N3O2S. The Morgan fingerprint density at radius 3 is 2.38 bits per heavy atom. The van der Waals surface area contributed by atoms with Crippen LogP contribution in [-0.2, 0) is 16.8 Å². The second-order valence-corrected chi connectivity index (χ2v) is 7.34. The molecule has 0 bridgehead atoms. The number of piperidine rings is 1. The van der Waals surface area contributed by atoms with Crippen molar-refractivity contribution in [3.8, 4) is 0 Å². The van der Waals surface area contributed by atoms with Gasteiger partial charge in [-0.15, -0.1) is 0 Å². The van der Waals surface area contributed by atoms with Crippen LogP contribution in [0, 0.1) is 5.92 Å². The molecule has 1 aromatic rings. The van der Waals surface area contributed by atoms with E-state index in [9.17, 15) is 8.42 Å². The summed E-state index contributed by atoms with van der Waals surface area (Å²) in [5.74, 6) is 0.613. The number of hydrogen-bond donors (Lipinski definition) is 2. The van der Waals surface area contributed by atoms with Crippen molar-refractivity contribution in [1.82, 2.24) is 9.62 Å². The van der Waals surface area contributed by atoms with Gasteiger partial charge in [0, 0.05) is 25.3 Å². The Morgan fingerprint density at radius 2 is 1.81 bits per heavy atom. The van der Waals surface area contributed by atoms with Crippen molar-refractivity contribution in [3.05, 3.63) is 29.8 Å². The smallest absolute Gasteiger partial charge is 0.301 e. The highest BCUT2D eigenvalue weighted by atomic mass is 32.2. The maximum absolute atomic E-state index is 12.3. The van der Waals surface area contributed by atoms with E-state index in [1.54, 1.807) is 4.31 Å². The standard InChI is InChI=1S/C15H25N3O2S/c1-3-16-12-14-4-6-15(7-5-14)17-21(19,20)18-10-8-13(2)9-11-18/h4-7,13,16-17H,3,8-12H2,1-2H3. The van der Waals surface area contributed by atoms with Crippen LogP contribution in [0.25, 0.3) is 0 Å². The van der Waals surface area contributed by atoms with E-state index in [2.05, 4.69) is 23.9 Å². The first-order chi connectivity index (χ1) is 10.0. The molecule has 0 atom stereocenters. The monoisotopic (exact) mass is 311 g/mol. The molecule has 0 saturated carbocycles. The maximum Gasteiger partial charge on any atom is 0.301 e. The summed E-state index contributed by atoms with van der Waals surface area (Å²) < 4.78 is 28.8. The third-order valence-electron chi connectivity index (χ3n) is 3.86. The minimum Gasteiger partial charge on any atom is -0.313 e. The van der Waals surface area contributed by atoms with E-state index in [0.717, 1.165) is 31.5 Å². The predicted molar refractivity (Wildman–Crippen MR) is 86.3 cm³/mol. The summed E-state index contributed by atoms with van der Waals surface area (Å²) >= 11 is 0. The van der Waals surface area contributed by atoms with E-state index >= 15 is 0 Å². The molecule has 118 valence electrons. The van der Waals surface area contributed by atoms with Crippen molar-refractivity contribution in [1.29, 1.82) is 0 Å². The summed E-state index contributed by atoms with van der Waals surface area (Å²) in [5, 5.41) is 3.24. The molecule has 6 heteroatoms. The number of rotatable bonds is 6. The van der Waals surface area contributed by atoms with Crippen LogP contribution in [-0.4, -0.2) is 32.4 Å².